The number of benzene rings is 2. The van der Waals surface area contributed by atoms with Crippen molar-refractivity contribution < 1.29 is 35.9 Å². The lowest BCUT2D eigenvalue weighted by Gasteiger charge is -2.23. The largest absolute Gasteiger partial charge is 0.416 e. The van der Waals surface area contributed by atoms with Crippen molar-refractivity contribution in [1.82, 2.24) is 5.32 Å². The molecule has 1 aliphatic rings. The number of carbonyl (C=O) groups excluding carboxylic acids is 2. The van der Waals surface area contributed by atoms with Crippen molar-refractivity contribution in [2.75, 3.05) is 35.6 Å². The van der Waals surface area contributed by atoms with E-state index in [1.807, 2.05) is 0 Å². The molecule has 3 rings (SSSR count). The molecule has 1 heterocycles. The van der Waals surface area contributed by atoms with Gasteiger partial charge in [-0.1, -0.05) is 18.2 Å². The van der Waals surface area contributed by atoms with Gasteiger partial charge in [0.25, 0.3) is 5.91 Å². The van der Waals surface area contributed by atoms with Crippen LogP contribution in [0.3, 0.4) is 0 Å². The fourth-order valence-corrected chi connectivity index (χ4v) is 4.30. The second-order valence-corrected chi connectivity index (χ2v) is 9.66. The zero-order valence-electron chi connectivity index (χ0n) is 18.3. The molecule has 12 heteroatoms. The third kappa shape index (κ3) is 6.70. The van der Waals surface area contributed by atoms with Crippen molar-refractivity contribution in [2.45, 2.75) is 25.1 Å². The maximum absolute atomic E-state index is 13.1. The maximum Gasteiger partial charge on any atom is 0.416 e. The Kier molecular flexibility index (Phi) is 7.82. The van der Waals surface area contributed by atoms with E-state index >= 15 is 0 Å². The maximum atomic E-state index is 13.1. The molecule has 2 aromatic rings. The molecular formula is C22H24F3N3O5S. The predicted octanol–water partition coefficient (Wildman–Crippen LogP) is 3.02. The van der Waals surface area contributed by atoms with E-state index in [0.29, 0.717) is 23.5 Å². The Balaban J connectivity index is 1.75. The van der Waals surface area contributed by atoms with Gasteiger partial charge in [0.15, 0.2) is 0 Å². The van der Waals surface area contributed by atoms with Gasteiger partial charge in [0.1, 0.15) is 6.54 Å². The van der Waals surface area contributed by atoms with Crippen LogP contribution in [-0.2, 0) is 25.7 Å². The van der Waals surface area contributed by atoms with Crippen LogP contribution in [0.5, 0.6) is 0 Å². The molecule has 0 aliphatic carbocycles. The zero-order chi connectivity index (χ0) is 24.9. The highest BCUT2D eigenvalue weighted by atomic mass is 32.2. The molecule has 2 amide bonds. The fourth-order valence-electron chi connectivity index (χ4n) is 3.45. The summed E-state index contributed by atoms with van der Waals surface area (Å²) >= 11 is 0. The van der Waals surface area contributed by atoms with Crippen LogP contribution in [0.1, 0.15) is 28.8 Å². The van der Waals surface area contributed by atoms with E-state index in [2.05, 4.69) is 10.6 Å². The van der Waals surface area contributed by atoms with Crippen LogP contribution in [0.2, 0.25) is 0 Å². The lowest BCUT2D eigenvalue weighted by atomic mass is 10.1. The number of alkyl halides is 3. The first-order chi connectivity index (χ1) is 15.9. The van der Waals surface area contributed by atoms with Crippen molar-refractivity contribution in [3.05, 3.63) is 59.7 Å². The molecule has 8 nitrogen and oxygen atoms in total. The summed E-state index contributed by atoms with van der Waals surface area (Å²) in [5, 5.41) is 5.21. The Morgan fingerprint density at radius 1 is 1.15 bits per heavy atom. The summed E-state index contributed by atoms with van der Waals surface area (Å²) in [5.41, 5.74) is -1.07. The average Bonchev–Trinajstić information content (AvgIpc) is 3.29. The van der Waals surface area contributed by atoms with Crippen LogP contribution in [0.15, 0.2) is 48.5 Å². The SMILES string of the molecule is CS(=O)(=O)N(CC(=O)Nc1ccccc1C(=O)NC[C@@H]1CCCO1)c1cccc(C(F)(F)F)c1. The molecule has 2 N–H and O–H groups in total. The van der Waals surface area contributed by atoms with Crippen LogP contribution in [-0.4, -0.2) is 52.3 Å². The van der Waals surface area contributed by atoms with Crippen LogP contribution >= 0.6 is 0 Å². The van der Waals surface area contributed by atoms with Crippen LogP contribution < -0.4 is 14.9 Å². The molecule has 1 saturated heterocycles. The Labute approximate surface area is 195 Å². The number of para-hydroxylation sites is 1. The summed E-state index contributed by atoms with van der Waals surface area (Å²) in [6, 6.07) is 9.81. The van der Waals surface area contributed by atoms with Gasteiger partial charge in [-0.3, -0.25) is 13.9 Å². The highest BCUT2D eigenvalue weighted by Gasteiger charge is 2.32. The number of halogens is 3. The van der Waals surface area contributed by atoms with Crippen LogP contribution in [0.4, 0.5) is 24.5 Å². The second kappa shape index (κ2) is 10.4. The smallest absolute Gasteiger partial charge is 0.376 e. The lowest BCUT2D eigenvalue weighted by Crippen LogP contribution is -2.38. The van der Waals surface area contributed by atoms with Crippen molar-refractivity contribution in [3.63, 3.8) is 0 Å². The quantitative estimate of drug-likeness (QED) is 0.581. The molecule has 0 aromatic heterocycles. The standard InChI is InChI=1S/C22H24F3N3O5S/c1-34(31,32)28(16-7-4-6-15(12-16)22(23,24)25)14-20(29)27-19-10-3-2-9-18(19)21(30)26-13-17-8-5-11-33-17/h2-4,6-7,9-10,12,17H,5,8,11,13-14H2,1H3,(H,26,30)(H,27,29)/t17-/m0/s1. The number of carbonyl (C=O) groups is 2. The third-order valence-electron chi connectivity index (χ3n) is 5.11. The number of amides is 2. The van der Waals surface area contributed by atoms with Gasteiger partial charge in [0.05, 0.1) is 34.9 Å². The first kappa shape index (κ1) is 25.5. The highest BCUT2D eigenvalue weighted by Crippen LogP contribution is 2.32. The molecule has 34 heavy (non-hydrogen) atoms. The fraction of sp³-hybridized carbons (Fsp3) is 0.364. The molecule has 0 saturated carbocycles. The molecule has 0 bridgehead atoms. The number of anilines is 2. The van der Waals surface area contributed by atoms with Crippen molar-refractivity contribution in [1.29, 1.82) is 0 Å². The summed E-state index contributed by atoms with van der Waals surface area (Å²) in [4.78, 5) is 25.3. The van der Waals surface area contributed by atoms with E-state index in [9.17, 15) is 31.2 Å². The lowest BCUT2D eigenvalue weighted by molar-refractivity contribution is -0.137. The van der Waals surface area contributed by atoms with E-state index in [1.54, 1.807) is 12.1 Å². The number of rotatable bonds is 8. The molecule has 0 unspecified atom stereocenters. The van der Waals surface area contributed by atoms with Gasteiger partial charge in [-0.05, 0) is 43.2 Å². The predicted molar refractivity (Wildman–Crippen MR) is 120 cm³/mol. The molecule has 2 aromatic carbocycles. The number of sulfonamides is 1. The zero-order valence-corrected chi connectivity index (χ0v) is 19.1. The Morgan fingerprint density at radius 3 is 2.53 bits per heavy atom. The topological polar surface area (TPSA) is 105 Å². The number of ether oxygens (including phenoxy) is 1. The summed E-state index contributed by atoms with van der Waals surface area (Å²) in [7, 11) is -4.10. The summed E-state index contributed by atoms with van der Waals surface area (Å²) < 4.78 is 69.7. The van der Waals surface area contributed by atoms with Crippen molar-refractivity contribution in [2.24, 2.45) is 0 Å². The van der Waals surface area contributed by atoms with Crippen LogP contribution in [0.25, 0.3) is 0 Å². The van der Waals surface area contributed by atoms with E-state index in [-0.39, 0.29) is 23.0 Å². The third-order valence-corrected chi connectivity index (χ3v) is 6.25. The van der Waals surface area contributed by atoms with E-state index < -0.39 is 40.1 Å². The van der Waals surface area contributed by atoms with Crippen molar-refractivity contribution >= 4 is 33.2 Å². The minimum absolute atomic E-state index is 0.0820. The number of nitrogens with zero attached hydrogens (tertiary/aromatic N) is 1. The number of hydrogen-bond acceptors (Lipinski definition) is 5. The van der Waals surface area contributed by atoms with Gasteiger partial charge >= 0.3 is 6.18 Å². The Morgan fingerprint density at radius 2 is 1.88 bits per heavy atom. The molecule has 1 fully saturated rings. The summed E-state index contributed by atoms with van der Waals surface area (Å²) in [6.07, 6.45) is -2.24. The van der Waals surface area contributed by atoms with Gasteiger partial charge in [0.2, 0.25) is 15.9 Å². The molecular weight excluding hydrogens is 475 g/mol. The first-order valence-corrected chi connectivity index (χ1v) is 12.2. The van der Waals surface area contributed by atoms with Crippen molar-refractivity contribution in [3.8, 4) is 0 Å². The van der Waals surface area contributed by atoms with E-state index in [0.717, 1.165) is 37.3 Å². The second-order valence-electron chi connectivity index (χ2n) is 7.76. The Bertz CT molecular complexity index is 1150. The minimum Gasteiger partial charge on any atom is -0.376 e. The summed E-state index contributed by atoms with van der Waals surface area (Å²) in [6.45, 7) is 0.153. The van der Waals surface area contributed by atoms with Gasteiger partial charge < -0.3 is 15.4 Å². The van der Waals surface area contributed by atoms with Gasteiger partial charge in [0, 0.05) is 13.2 Å². The number of nitrogens with one attached hydrogen (secondary N) is 2. The summed E-state index contributed by atoms with van der Waals surface area (Å²) in [5.74, 6) is -1.29. The van der Waals surface area contributed by atoms with Gasteiger partial charge in [-0.2, -0.15) is 13.2 Å². The molecule has 0 spiro atoms. The van der Waals surface area contributed by atoms with Gasteiger partial charge in [-0.15, -0.1) is 0 Å². The van der Waals surface area contributed by atoms with E-state index in [1.165, 1.54) is 12.1 Å². The molecule has 1 aliphatic heterocycles. The Hall–Kier alpha value is -3.12. The van der Waals surface area contributed by atoms with Crippen LogP contribution in [0, 0.1) is 0 Å². The highest BCUT2D eigenvalue weighted by molar-refractivity contribution is 7.92. The normalized spacial score (nSPS) is 16.2. The monoisotopic (exact) mass is 499 g/mol. The van der Waals surface area contributed by atoms with E-state index in [4.69, 9.17) is 4.74 Å². The minimum atomic E-state index is -4.68. The first-order valence-electron chi connectivity index (χ1n) is 10.4. The molecule has 0 radical (unpaired) electrons. The van der Waals surface area contributed by atoms with Gasteiger partial charge in [-0.25, -0.2) is 8.42 Å². The molecule has 184 valence electrons. The average molecular weight is 500 g/mol. The number of hydrogen-bond donors (Lipinski definition) is 2. The molecule has 1 atom stereocenters.